The third-order valence-electron chi connectivity index (χ3n) is 4.31. The lowest BCUT2D eigenvalue weighted by atomic mass is 9.78. The van der Waals surface area contributed by atoms with Crippen LogP contribution in [0, 0.1) is 11.8 Å². The quantitative estimate of drug-likeness (QED) is 0.648. The SMILES string of the molecule is CC1CCCC(NC(N)=NCc2ccccc2)C1C. The van der Waals surface area contributed by atoms with Gasteiger partial charge in [-0.1, -0.05) is 57.0 Å². The average molecular weight is 259 g/mol. The smallest absolute Gasteiger partial charge is 0.189 e. The van der Waals surface area contributed by atoms with Gasteiger partial charge in [0.05, 0.1) is 6.54 Å². The van der Waals surface area contributed by atoms with Gasteiger partial charge in [-0.25, -0.2) is 4.99 Å². The molecule has 0 amide bonds. The van der Waals surface area contributed by atoms with Crippen molar-refractivity contribution in [2.75, 3.05) is 0 Å². The van der Waals surface area contributed by atoms with Gasteiger partial charge in [0.2, 0.25) is 0 Å². The lowest BCUT2D eigenvalue weighted by Crippen LogP contribution is -2.46. The molecule has 0 saturated heterocycles. The maximum absolute atomic E-state index is 6.00. The van der Waals surface area contributed by atoms with Crippen molar-refractivity contribution in [3.63, 3.8) is 0 Å². The largest absolute Gasteiger partial charge is 0.370 e. The van der Waals surface area contributed by atoms with E-state index in [1.807, 2.05) is 18.2 Å². The van der Waals surface area contributed by atoms with E-state index in [1.54, 1.807) is 0 Å². The molecule has 0 aliphatic heterocycles. The Labute approximate surface area is 116 Å². The standard InChI is InChI=1S/C16H25N3/c1-12-7-6-10-15(13(12)2)19-16(17)18-11-14-8-4-3-5-9-14/h3-5,8-9,12-13,15H,6-7,10-11H2,1-2H3,(H3,17,18,19). The van der Waals surface area contributed by atoms with Gasteiger partial charge in [0, 0.05) is 6.04 Å². The Bertz CT molecular complexity index is 413. The highest BCUT2D eigenvalue weighted by molar-refractivity contribution is 5.78. The van der Waals surface area contributed by atoms with E-state index in [0.29, 0.717) is 24.5 Å². The molecule has 0 aromatic heterocycles. The molecule has 3 nitrogen and oxygen atoms in total. The Hall–Kier alpha value is -1.51. The molecule has 1 aromatic carbocycles. The highest BCUT2D eigenvalue weighted by atomic mass is 15.1. The van der Waals surface area contributed by atoms with Crippen LogP contribution in [0.25, 0.3) is 0 Å². The minimum atomic E-state index is 0.475. The summed E-state index contributed by atoms with van der Waals surface area (Å²) in [6.45, 7) is 5.29. The fraction of sp³-hybridized carbons (Fsp3) is 0.562. The van der Waals surface area contributed by atoms with Gasteiger partial charge in [-0.15, -0.1) is 0 Å². The monoisotopic (exact) mass is 259 g/mol. The normalized spacial score (nSPS) is 28.1. The Balaban J connectivity index is 1.88. The summed E-state index contributed by atoms with van der Waals surface area (Å²) in [6.07, 6.45) is 3.82. The Kier molecular flexibility index (Phi) is 4.83. The van der Waals surface area contributed by atoms with Crippen LogP contribution >= 0.6 is 0 Å². The van der Waals surface area contributed by atoms with Crippen LogP contribution in [-0.2, 0) is 6.54 Å². The number of benzene rings is 1. The van der Waals surface area contributed by atoms with Crippen LogP contribution in [0.3, 0.4) is 0 Å². The number of aliphatic imine (C=N–C) groups is 1. The predicted octanol–water partition coefficient (Wildman–Crippen LogP) is 2.92. The zero-order chi connectivity index (χ0) is 13.7. The number of guanidine groups is 1. The van der Waals surface area contributed by atoms with E-state index < -0.39 is 0 Å². The van der Waals surface area contributed by atoms with Crippen molar-refractivity contribution in [3.05, 3.63) is 35.9 Å². The van der Waals surface area contributed by atoms with Crippen LogP contribution < -0.4 is 11.1 Å². The van der Waals surface area contributed by atoms with Crippen molar-refractivity contribution in [3.8, 4) is 0 Å². The molecule has 0 heterocycles. The molecule has 2 rings (SSSR count). The second kappa shape index (κ2) is 6.60. The summed E-state index contributed by atoms with van der Waals surface area (Å²) in [5.74, 6) is 2.02. The highest BCUT2D eigenvalue weighted by Crippen LogP contribution is 2.29. The molecular formula is C16H25N3. The third kappa shape index (κ3) is 3.98. The minimum Gasteiger partial charge on any atom is -0.370 e. The van der Waals surface area contributed by atoms with Crippen LogP contribution in [0.15, 0.2) is 35.3 Å². The molecule has 3 atom stereocenters. The first-order chi connectivity index (χ1) is 9.16. The Morgan fingerprint density at radius 3 is 2.74 bits per heavy atom. The molecule has 3 N–H and O–H groups in total. The number of nitrogens with zero attached hydrogens (tertiary/aromatic N) is 1. The van der Waals surface area contributed by atoms with Crippen molar-refractivity contribution in [1.29, 1.82) is 0 Å². The van der Waals surface area contributed by atoms with E-state index in [9.17, 15) is 0 Å². The van der Waals surface area contributed by atoms with Gasteiger partial charge in [0.15, 0.2) is 5.96 Å². The number of hydrogen-bond acceptors (Lipinski definition) is 1. The van der Waals surface area contributed by atoms with Crippen molar-refractivity contribution in [1.82, 2.24) is 5.32 Å². The second-order valence-electron chi connectivity index (χ2n) is 5.71. The fourth-order valence-electron chi connectivity index (χ4n) is 2.78. The molecule has 1 aliphatic rings. The van der Waals surface area contributed by atoms with Gasteiger partial charge in [-0.05, 0) is 23.8 Å². The minimum absolute atomic E-state index is 0.475. The number of hydrogen-bond donors (Lipinski definition) is 2. The molecule has 3 unspecified atom stereocenters. The molecule has 104 valence electrons. The van der Waals surface area contributed by atoms with E-state index >= 15 is 0 Å². The second-order valence-corrected chi connectivity index (χ2v) is 5.71. The Morgan fingerprint density at radius 1 is 1.26 bits per heavy atom. The van der Waals surface area contributed by atoms with Crippen molar-refractivity contribution >= 4 is 5.96 Å². The van der Waals surface area contributed by atoms with Gasteiger partial charge in [-0.2, -0.15) is 0 Å². The lowest BCUT2D eigenvalue weighted by molar-refractivity contribution is 0.224. The first-order valence-electron chi connectivity index (χ1n) is 7.27. The number of nitrogens with two attached hydrogens (primary N) is 1. The van der Waals surface area contributed by atoms with Crippen LogP contribution in [-0.4, -0.2) is 12.0 Å². The van der Waals surface area contributed by atoms with Crippen LogP contribution in [0.4, 0.5) is 0 Å². The van der Waals surface area contributed by atoms with Gasteiger partial charge in [-0.3, -0.25) is 0 Å². The maximum atomic E-state index is 6.00. The topological polar surface area (TPSA) is 50.4 Å². The summed E-state index contributed by atoms with van der Waals surface area (Å²) in [4.78, 5) is 4.43. The van der Waals surface area contributed by atoms with E-state index in [4.69, 9.17) is 5.73 Å². The molecule has 1 fully saturated rings. The molecule has 0 bridgehead atoms. The highest BCUT2D eigenvalue weighted by Gasteiger charge is 2.27. The molecule has 3 heteroatoms. The summed E-state index contributed by atoms with van der Waals surface area (Å²) >= 11 is 0. The van der Waals surface area contributed by atoms with Gasteiger partial charge < -0.3 is 11.1 Å². The van der Waals surface area contributed by atoms with Crippen LogP contribution in [0.2, 0.25) is 0 Å². The fourth-order valence-corrected chi connectivity index (χ4v) is 2.78. The lowest BCUT2D eigenvalue weighted by Gasteiger charge is -2.34. The van der Waals surface area contributed by atoms with E-state index in [1.165, 1.54) is 24.8 Å². The Morgan fingerprint density at radius 2 is 2.00 bits per heavy atom. The molecule has 0 radical (unpaired) electrons. The molecule has 0 spiro atoms. The predicted molar refractivity (Wildman–Crippen MR) is 80.9 cm³/mol. The summed E-state index contributed by atoms with van der Waals surface area (Å²) < 4.78 is 0. The van der Waals surface area contributed by atoms with Gasteiger partial charge in [0.1, 0.15) is 0 Å². The molecular weight excluding hydrogens is 234 g/mol. The summed E-state index contributed by atoms with van der Waals surface area (Å²) in [7, 11) is 0. The van der Waals surface area contributed by atoms with E-state index in [-0.39, 0.29) is 0 Å². The zero-order valence-corrected chi connectivity index (χ0v) is 12.0. The average Bonchev–Trinajstić information content (AvgIpc) is 2.43. The van der Waals surface area contributed by atoms with Gasteiger partial charge >= 0.3 is 0 Å². The van der Waals surface area contributed by atoms with Crippen molar-refractivity contribution < 1.29 is 0 Å². The molecule has 1 saturated carbocycles. The third-order valence-corrected chi connectivity index (χ3v) is 4.31. The first kappa shape index (κ1) is 13.9. The summed E-state index contributed by atoms with van der Waals surface area (Å²) in [5.41, 5.74) is 7.19. The van der Waals surface area contributed by atoms with Crippen LogP contribution in [0.1, 0.15) is 38.7 Å². The maximum Gasteiger partial charge on any atom is 0.189 e. The number of rotatable bonds is 3. The summed E-state index contributed by atoms with van der Waals surface area (Å²) in [5, 5.41) is 3.40. The molecule has 1 aromatic rings. The van der Waals surface area contributed by atoms with E-state index in [0.717, 1.165) is 5.92 Å². The molecule has 1 aliphatic carbocycles. The summed E-state index contributed by atoms with van der Waals surface area (Å²) in [6, 6.07) is 10.7. The van der Waals surface area contributed by atoms with E-state index in [2.05, 4.69) is 36.3 Å². The number of nitrogens with one attached hydrogen (secondary N) is 1. The van der Waals surface area contributed by atoms with Crippen molar-refractivity contribution in [2.45, 2.75) is 45.7 Å². The van der Waals surface area contributed by atoms with Crippen molar-refractivity contribution in [2.24, 2.45) is 22.6 Å². The van der Waals surface area contributed by atoms with Crippen LogP contribution in [0.5, 0.6) is 0 Å². The molecule has 19 heavy (non-hydrogen) atoms. The van der Waals surface area contributed by atoms with Gasteiger partial charge in [0.25, 0.3) is 0 Å². The zero-order valence-electron chi connectivity index (χ0n) is 12.0. The first-order valence-corrected chi connectivity index (χ1v) is 7.27.